The van der Waals surface area contributed by atoms with Crippen LogP contribution in [-0.4, -0.2) is 49.5 Å². The van der Waals surface area contributed by atoms with E-state index in [1.807, 2.05) is 7.05 Å². The summed E-state index contributed by atoms with van der Waals surface area (Å²) < 4.78 is 5.14. The van der Waals surface area contributed by atoms with Gasteiger partial charge in [0.1, 0.15) is 0 Å². The number of hydrogen-bond acceptors (Lipinski definition) is 3. The lowest BCUT2D eigenvalue weighted by Crippen LogP contribution is -2.44. The predicted octanol–water partition coefficient (Wildman–Crippen LogP) is -0.691. The predicted molar refractivity (Wildman–Crippen MR) is 34.3 cm³/mol. The van der Waals surface area contributed by atoms with Crippen LogP contribution in [0.3, 0.4) is 0 Å². The van der Waals surface area contributed by atoms with Gasteiger partial charge in [0.15, 0.2) is 0 Å². The van der Waals surface area contributed by atoms with Crippen molar-refractivity contribution in [2.45, 2.75) is 6.04 Å². The lowest BCUT2D eigenvalue weighted by atomic mass is 10.3. The van der Waals surface area contributed by atoms with Crippen molar-refractivity contribution < 1.29 is 9.84 Å². The zero-order valence-electron chi connectivity index (χ0n) is 5.71. The standard InChI is InChI=1S/C6H13NO2/c1-7-2-3-9-5-6(7)4-8/h6,8H,2-5H2,1H3/t6-/m0/s1. The molecule has 1 aliphatic rings. The number of nitrogens with zero attached hydrogens (tertiary/aromatic N) is 1. The summed E-state index contributed by atoms with van der Waals surface area (Å²) in [6, 6.07) is 0.221. The van der Waals surface area contributed by atoms with E-state index in [0.29, 0.717) is 6.61 Å². The van der Waals surface area contributed by atoms with Crippen molar-refractivity contribution in [2.75, 3.05) is 33.4 Å². The Balaban J connectivity index is 2.30. The number of aliphatic hydroxyl groups excluding tert-OH is 1. The average Bonchev–Trinajstić information content (AvgIpc) is 1.89. The molecule has 3 heteroatoms. The molecule has 0 amide bonds. The largest absolute Gasteiger partial charge is 0.395 e. The second-order valence-corrected chi connectivity index (χ2v) is 2.39. The van der Waals surface area contributed by atoms with Crippen LogP contribution in [0.25, 0.3) is 0 Å². The van der Waals surface area contributed by atoms with Crippen LogP contribution in [0.4, 0.5) is 0 Å². The molecule has 0 aromatic heterocycles. The Morgan fingerprint density at radius 1 is 1.78 bits per heavy atom. The highest BCUT2D eigenvalue weighted by atomic mass is 16.5. The van der Waals surface area contributed by atoms with Crippen molar-refractivity contribution in [2.24, 2.45) is 0 Å². The maximum absolute atomic E-state index is 8.74. The average molecular weight is 131 g/mol. The van der Waals surface area contributed by atoms with Gasteiger partial charge in [0.25, 0.3) is 0 Å². The molecule has 0 aliphatic carbocycles. The minimum Gasteiger partial charge on any atom is -0.395 e. The van der Waals surface area contributed by atoms with Gasteiger partial charge in [-0.25, -0.2) is 0 Å². The van der Waals surface area contributed by atoms with E-state index >= 15 is 0 Å². The summed E-state index contributed by atoms with van der Waals surface area (Å²) in [5.41, 5.74) is 0. The highest BCUT2D eigenvalue weighted by Gasteiger charge is 2.17. The molecular formula is C6H13NO2. The summed E-state index contributed by atoms with van der Waals surface area (Å²) in [6.45, 7) is 2.61. The summed E-state index contributed by atoms with van der Waals surface area (Å²) >= 11 is 0. The van der Waals surface area contributed by atoms with Crippen molar-refractivity contribution in [3.8, 4) is 0 Å². The van der Waals surface area contributed by atoms with Gasteiger partial charge in [0, 0.05) is 6.54 Å². The van der Waals surface area contributed by atoms with Crippen LogP contribution < -0.4 is 0 Å². The van der Waals surface area contributed by atoms with Crippen LogP contribution in [0.15, 0.2) is 0 Å². The fraction of sp³-hybridized carbons (Fsp3) is 1.00. The highest BCUT2D eigenvalue weighted by molar-refractivity contribution is 4.70. The third-order valence-corrected chi connectivity index (χ3v) is 1.73. The summed E-state index contributed by atoms with van der Waals surface area (Å²) in [4.78, 5) is 2.11. The summed E-state index contributed by atoms with van der Waals surface area (Å²) in [6.07, 6.45) is 0. The van der Waals surface area contributed by atoms with E-state index in [9.17, 15) is 0 Å². The first-order chi connectivity index (χ1) is 4.34. The fourth-order valence-corrected chi connectivity index (χ4v) is 0.930. The Morgan fingerprint density at radius 2 is 2.56 bits per heavy atom. The third-order valence-electron chi connectivity index (χ3n) is 1.73. The molecule has 3 nitrogen and oxygen atoms in total. The molecule has 1 N–H and O–H groups in total. The first-order valence-electron chi connectivity index (χ1n) is 3.23. The maximum atomic E-state index is 8.74. The first-order valence-corrected chi connectivity index (χ1v) is 3.23. The molecule has 0 saturated carbocycles. The summed E-state index contributed by atoms with van der Waals surface area (Å²) in [7, 11) is 2.00. The van der Waals surface area contributed by atoms with E-state index in [1.54, 1.807) is 0 Å². The zero-order valence-corrected chi connectivity index (χ0v) is 5.71. The van der Waals surface area contributed by atoms with Gasteiger partial charge >= 0.3 is 0 Å². The maximum Gasteiger partial charge on any atom is 0.0644 e. The molecule has 1 fully saturated rings. The van der Waals surface area contributed by atoms with E-state index in [-0.39, 0.29) is 12.6 Å². The smallest absolute Gasteiger partial charge is 0.0644 e. The van der Waals surface area contributed by atoms with Crippen molar-refractivity contribution in [1.29, 1.82) is 0 Å². The zero-order chi connectivity index (χ0) is 6.69. The molecule has 1 rings (SSSR count). The van der Waals surface area contributed by atoms with Crippen LogP contribution in [0.2, 0.25) is 0 Å². The molecule has 1 aliphatic heterocycles. The highest BCUT2D eigenvalue weighted by Crippen LogP contribution is 2.01. The Morgan fingerprint density at radius 3 is 3.00 bits per heavy atom. The van der Waals surface area contributed by atoms with Gasteiger partial charge < -0.3 is 9.84 Å². The Bertz CT molecular complexity index is 87.1. The molecule has 0 unspecified atom stereocenters. The van der Waals surface area contributed by atoms with Gasteiger partial charge in [0.05, 0.1) is 25.9 Å². The second-order valence-electron chi connectivity index (χ2n) is 2.39. The van der Waals surface area contributed by atoms with Gasteiger partial charge in [-0.2, -0.15) is 0 Å². The van der Waals surface area contributed by atoms with Crippen LogP contribution >= 0.6 is 0 Å². The molecule has 54 valence electrons. The van der Waals surface area contributed by atoms with Crippen LogP contribution in [0.1, 0.15) is 0 Å². The SMILES string of the molecule is CN1CCOC[C@@H]1CO. The van der Waals surface area contributed by atoms with E-state index in [2.05, 4.69) is 4.90 Å². The quantitative estimate of drug-likeness (QED) is 0.511. The minimum absolute atomic E-state index is 0.205. The molecule has 0 aromatic rings. The number of ether oxygens (including phenoxy) is 1. The molecule has 0 spiro atoms. The number of aliphatic hydroxyl groups is 1. The van der Waals surface area contributed by atoms with Gasteiger partial charge in [0.2, 0.25) is 0 Å². The van der Waals surface area contributed by atoms with Gasteiger partial charge in [-0.3, -0.25) is 4.90 Å². The fourth-order valence-electron chi connectivity index (χ4n) is 0.930. The number of morpholine rings is 1. The molecule has 0 radical (unpaired) electrons. The van der Waals surface area contributed by atoms with Gasteiger partial charge in [-0.15, -0.1) is 0 Å². The van der Waals surface area contributed by atoms with Crippen molar-refractivity contribution in [1.82, 2.24) is 4.90 Å². The Hall–Kier alpha value is -0.120. The van der Waals surface area contributed by atoms with Crippen molar-refractivity contribution in [3.63, 3.8) is 0 Å². The molecule has 1 saturated heterocycles. The topological polar surface area (TPSA) is 32.7 Å². The molecule has 1 atom stereocenters. The first kappa shape index (κ1) is 6.99. The van der Waals surface area contributed by atoms with Crippen LogP contribution in [-0.2, 0) is 4.74 Å². The van der Waals surface area contributed by atoms with Crippen molar-refractivity contribution in [3.05, 3.63) is 0 Å². The third kappa shape index (κ3) is 1.64. The van der Waals surface area contributed by atoms with E-state index in [0.717, 1.165) is 13.2 Å². The Labute approximate surface area is 55.2 Å². The van der Waals surface area contributed by atoms with E-state index in [4.69, 9.17) is 9.84 Å². The van der Waals surface area contributed by atoms with Crippen molar-refractivity contribution >= 4 is 0 Å². The van der Waals surface area contributed by atoms with Crippen LogP contribution in [0.5, 0.6) is 0 Å². The Kier molecular flexibility index (Phi) is 2.45. The normalized spacial score (nSPS) is 30.7. The van der Waals surface area contributed by atoms with Crippen LogP contribution in [0, 0.1) is 0 Å². The number of hydrogen-bond donors (Lipinski definition) is 1. The summed E-state index contributed by atoms with van der Waals surface area (Å²) in [5, 5.41) is 8.74. The molecule has 1 heterocycles. The minimum atomic E-state index is 0.205. The molecule has 9 heavy (non-hydrogen) atoms. The van der Waals surface area contributed by atoms with E-state index < -0.39 is 0 Å². The molecular weight excluding hydrogens is 118 g/mol. The van der Waals surface area contributed by atoms with Gasteiger partial charge in [-0.1, -0.05) is 0 Å². The lowest BCUT2D eigenvalue weighted by molar-refractivity contribution is -0.0148. The number of likely N-dealkylation sites (N-methyl/N-ethyl adjacent to an activating group) is 1. The number of rotatable bonds is 1. The molecule has 0 bridgehead atoms. The molecule has 0 aromatic carbocycles. The van der Waals surface area contributed by atoms with E-state index in [1.165, 1.54) is 0 Å². The monoisotopic (exact) mass is 131 g/mol. The van der Waals surface area contributed by atoms with Gasteiger partial charge in [-0.05, 0) is 7.05 Å². The lowest BCUT2D eigenvalue weighted by Gasteiger charge is -2.30. The second kappa shape index (κ2) is 3.15. The summed E-state index contributed by atoms with van der Waals surface area (Å²) in [5.74, 6) is 0.